The van der Waals surface area contributed by atoms with Gasteiger partial charge in [-0.1, -0.05) is 175 Å². The van der Waals surface area contributed by atoms with Gasteiger partial charge in [-0.05, 0) is 70.6 Å². The Morgan fingerprint density at radius 2 is 1.12 bits per heavy atom. The molecule has 0 radical (unpaired) electrons. The molecule has 0 atom stereocenters. The number of hydrogen-bond donors (Lipinski definition) is 4. The van der Waals surface area contributed by atoms with Gasteiger partial charge >= 0.3 is 14.0 Å². The van der Waals surface area contributed by atoms with Crippen molar-refractivity contribution in [2.24, 2.45) is 4.90 Å². The molecule has 0 bridgehead atoms. The Bertz CT molecular complexity index is 2710. The fraction of sp³-hybridized carbons (Fsp3) is 0.308. The molecule has 0 saturated heterocycles. The van der Waals surface area contributed by atoms with Crippen LogP contribution in [0.3, 0.4) is 0 Å². The average Bonchev–Trinajstić information content (AvgIpc) is 3.28. The summed E-state index contributed by atoms with van der Waals surface area (Å²) in [7, 11) is 0. The Balaban J connectivity index is 1.02. The summed E-state index contributed by atoms with van der Waals surface area (Å²) in [6, 6.07) is 38.2. The van der Waals surface area contributed by atoms with Gasteiger partial charge in [0.2, 0.25) is 5.78 Å². The summed E-state index contributed by atoms with van der Waals surface area (Å²) in [5, 5.41) is 28.6. The van der Waals surface area contributed by atoms with Crippen LogP contribution in [0.2, 0.25) is 0 Å². The predicted octanol–water partition coefficient (Wildman–Crippen LogP) is 10.2. The van der Waals surface area contributed by atoms with Gasteiger partial charge in [0, 0.05) is 38.6 Å². The summed E-state index contributed by atoms with van der Waals surface area (Å²) in [6.45, 7) is 3.99. The molecule has 0 spiro atoms. The number of benzene rings is 6. The third-order valence-corrected chi connectivity index (χ3v) is 12.9. The number of anilines is 3. The number of carbonyl (C=O) groups excluding carboxylic acids is 1. The van der Waals surface area contributed by atoms with Crippen molar-refractivity contribution in [3.63, 3.8) is 0 Å². The molecule has 302 valence electrons. The van der Waals surface area contributed by atoms with Crippen LogP contribution in [0.5, 0.6) is 0 Å². The van der Waals surface area contributed by atoms with Crippen molar-refractivity contribution >= 4 is 80.4 Å². The highest BCUT2D eigenvalue weighted by Gasteiger charge is 2.39. The molecule has 6 nitrogen and oxygen atoms in total. The van der Waals surface area contributed by atoms with E-state index in [4.69, 9.17) is 4.90 Å². The number of aryl methyl sites for hydroxylation is 2. The van der Waals surface area contributed by atoms with Gasteiger partial charge < -0.3 is 25.7 Å². The first-order chi connectivity index (χ1) is 29.5. The van der Waals surface area contributed by atoms with E-state index in [9.17, 15) is 9.90 Å². The maximum atomic E-state index is 14.5. The second-order valence-electron chi connectivity index (χ2n) is 17.1. The Morgan fingerprint density at radius 1 is 0.550 bits per heavy atom. The summed E-state index contributed by atoms with van der Waals surface area (Å²) in [5.41, 5.74) is 9.09. The minimum Gasteiger partial charge on any atom is -0.506 e. The Hall–Kier alpha value is -5.75. The highest BCUT2D eigenvalue weighted by atomic mass is 16.3. The number of hydrogen-bond acceptors (Lipinski definition) is 6. The fourth-order valence-electron chi connectivity index (χ4n) is 9.51. The van der Waals surface area contributed by atoms with E-state index in [1.807, 2.05) is 24.3 Å². The van der Waals surface area contributed by atoms with Crippen LogP contribution in [0, 0.1) is 0 Å². The van der Waals surface area contributed by atoms with Gasteiger partial charge in [-0.15, -0.1) is 0 Å². The van der Waals surface area contributed by atoms with E-state index in [1.165, 1.54) is 88.2 Å². The standard InChI is InChI=1S/C52H56B2N4O2/c1-3-5-7-9-11-13-17-35-23-29-39(30-24-35)53-55-43-21-15-19-37-27-33-41(49(57-53)45(37)43)47-51(59)48(52(47)60)42-34-28-38-20-16-22-44-46(38)50(42)58-54(56-44)40-31-25-36(26-32-40)18-14-12-10-8-6-4-2/h15-16,19-34,55-57,59H,3-14,17-18H2,1-2H3/b48-42-. The summed E-state index contributed by atoms with van der Waals surface area (Å²) >= 11 is 0. The largest absolute Gasteiger partial charge is 0.506 e. The van der Waals surface area contributed by atoms with Gasteiger partial charge in [0.15, 0.2) is 0 Å². The number of allylic oxidation sites excluding steroid dienone is 2. The minimum absolute atomic E-state index is 0.0152. The van der Waals surface area contributed by atoms with Crippen molar-refractivity contribution in [2.45, 2.75) is 104 Å². The van der Waals surface area contributed by atoms with Crippen molar-refractivity contribution in [3.8, 4) is 0 Å². The van der Waals surface area contributed by atoms with Crippen molar-refractivity contribution in [1.82, 2.24) is 0 Å². The van der Waals surface area contributed by atoms with Crippen LogP contribution >= 0.6 is 0 Å². The number of aliphatic hydroxyl groups excluding tert-OH is 1. The number of ketones is 1. The highest BCUT2D eigenvalue weighted by Crippen LogP contribution is 2.45. The molecule has 0 unspecified atom stereocenters. The van der Waals surface area contributed by atoms with Crippen molar-refractivity contribution in [2.75, 3.05) is 15.7 Å². The Kier molecular flexibility index (Phi) is 11.8. The Morgan fingerprint density at radius 3 is 1.75 bits per heavy atom. The molecule has 6 aromatic rings. The van der Waals surface area contributed by atoms with Crippen LogP contribution in [-0.2, 0) is 17.6 Å². The zero-order valence-corrected chi connectivity index (χ0v) is 35.2. The lowest BCUT2D eigenvalue weighted by Gasteiger charge is -2.31. The minimum atomic E-state index is -0.324. The first-order valence-electron chi connectivity index (χ1n) is 22.7. The summed E-state index contributed by atoms with van der Waals surface area (Å²) in [4.78, 5) is 19.8. The molecule has 0 amide bonds. The van der Waals surface area contributed by atoms with E-state index >= 15 is 0 Å². The maximum Gasteiger partial charge on any atom is 0.427 e. The number of rotatable bonds is 17. The third-order valence-electron chi connectivity index (χ3n) is 12.9. The monoisotopic (exact) mass is 790 g/mol. The summed E-state index contributed by atoms with van der Waals surface area (Å²) in [6.07, 6.45) is 17.6. The Labute approximate surface area is 355 Å². The van der Waals surface area contributed by atoms with E-state index in [2.05, 4.69) is 114 Å². The summed E-state index contributed by atoms with van der Waals surface area (Å²) in [5.74, 6) is -0.157. The quantitative estimate of drug-likeness (QED) is 0.0546. The molecule has 0 aromatic heterocycles. The smallest absolute Gasteiger partial charge is 0.427 e. The number of nitrogens with zero attached hydrogens (tertiary/aromatic N) is 1. The van der Waals surface area contributed by atoms with Crippen LogP contribution in [0.1, 0.15) is 108 Å². The van der Waals surface area contributed by atoms with Crippen molar-refractivity contribution in [3.05, 3.63) is 142 Å². The molecule has 0 saturated carbocycles. The zero-order valence-electron chi connectivity index (χ0n) is 35.2. The lowest BCUT2D eigenvalue weighted by molar-refractivity contribution is -0.109. The lowest BCUT2D eigenvalue weighted by Crippen LogP contribution is -2.48. The first-order valence-corrected chi connectivity index (χ1v) is 22.7. The molecule has 4 N–H and O–H groups in total. The first kappa shape index (κ1) is 39.7. The third kappa shape index (κ3) is 7.85. The molecule has 2 aliphatic heterocycles. The predicted molar refractivity (Wildman–Crippen MR) is 255 cm³/mol. The van der Waals surface area contributed by atoms with Crippen molar-refractivity contribution in [1.29, 1.82) is 0 Å². The molecule has 0 fully saturated rings. The van der Waals surface area contributed by atoms with Crippen LogP contribution in [0.25, 0.3) is 32.7 Å². The number of carbonyl (C=O) groups is 1. The van der Waals surface area contributed by atoms with E-state index < -0.39 is 0 Å². The molecule has 8 heteroatoms. The molecule has 2 heterocycles. The van der Waals surface area contributed by atoms with Crippen molar-refractivity contribution < 1.29 is 9.90 Å². The molecular formula is C52H56B2N4O2. The number of unbranched alkanes of at least 4 members (excludes halogenated alkanes) is 10. The number of aliphatic hydroxyl groups is 1. The molecule has 6 aromatic carbocycles. The van der Waals surface area contributed by atoms with Crippen LogP contribution < -0.4 is 37.2 Å². The van der Waals surface area contributed by atoms with Crippen LogP contribution in [0.15, 0.2) is 120 Å². The SMILES string of the molecule is CCCCCCCCc1ccc(B2N=c3/c(=C4\C(=O)C(c5ccc6cccc7c6c5NB(c5ccc(CCCCCCCC)cc5)N7)=C4O)ccc4cccc(c34)N2)cc1. The molecular weight excluding hydrogens is 734 g/mol. The topological polar surface area (TPSA) is 85.8 Å². The van der Waals surface area contributed by atoms with Gasteiger partial charge in [-0.25, -0.2) is 0 Å². The van der Waals surface area contributed by atoms with E-state index in [-0.39, 0.29) is 25.5 Å². The zero-order chi connectivity index (χ0) is 41.0. The molecule has 1 aliphatic carbocycles. The summed E-state index contributed by atoms with van der Waals surface area (Å²) < 4.78 is 0. The molecule has 60 heavy (non-hydrogen) atoms. The van der Waals surface area contributed by atoms with E-state index in [0.29, 0.717) is 21.9 Å². The fourth-order valence-corrected chi connectivity index (χ4v) is 9.51. The van der Waals surface area contributed by atoms with Gasteiger partial charge in [0.1, 0.15) is 5.76 Å². The average molecular weight is 791 g/mol. The number of nitrogens with one attached hydrogen (secondary N) is 3. The second-order valence-corrected chi connectivity index (χ2v) is 17.1. The van der Waals surface area contributed by atoms with Crippen LogP contribution in [-0.4, -0.2) is 24.9 Å². The lowest BCUT2D eigenvalue weighted by atomic mass is 9.65. The van der Waals surface area contributed by atoms with Gasteiger partial charge in [0.25, 0.3) is 0 Å². The highest BCUT2D eigenvalue weighted by molar-refractivity contribution is 6.80. The number of Topliss-reactive ketones (excluding diaryl/α,β-unsaturated/α-hetero) is 1. The van der Waals surface area contributed by atoms with Gasteiger partial charge in [-0.2, -0.15) is 0 Å². The van der Waals surface area contributed by atoms with E-state index in [0.717, 1.165) is 67.7 Å². The van der Waals surface area contributed by atoms with Gasteiger partial charge in [0.05, 0.1) is 16.5 Å². The second kappa shape index (κ2) is 17.8. The van der Waals surface area contributed by atoms with Gasteiger partial charge in [-0.3, -0.25) is 4.79 Å². The maximum absolute atomic E-state index is 14.5. The van der Waals surface area contributed by atoms with Crippen LogP contribution in [0.4, 0.5) is 17.1 Å². The molecule has 9 rings (SSSR count). The molecule has 3 aliphatic rings. The van der Waals surface area contributed by atoms with E-state index in [1.54, 1.807) is 0 Å². The normalized spacial score (nSPS) is 15.1.